The van der Waals surface area contributed by atoms with Crippen LogP contribution in [-0.2, 0) is 45.1 Å². The van der Waals surface area contributed by atoms with Crippen molar-refractivity contribution in [3.8, 4) is 34.1 Å². The molecule has 5 nitrogen and oxygen atoms in total. The van der Waals surface area contributed by atoms with Crippen LogP contribution in [0.15, 0.2) is 79.0 Å². The number of aromatic nitrogens is 4. The second kappa shape index (κ2) is 16.1. The minimum absolute atomic E-state index is 0. The van der Waals surface area contributed by atoms with Crippen LogP contribution < -0.4 is 4.74 Å². The quantitative estimate of drug-likeness (QED) is 0.0966. The number of aryl methyl sites for hydroxylation is 5. The molecule has 3 heterocycles. The van der Waals surface area contributed by atoms with Crippen LogP contribution in [0.1, 0.15) is 100 Å². The Hall–Kier alpha value is -4.50. The topological polar surface area (TPSA) is 44.9 Å². The number of hydrogen-bond donors (Lipinski definition) is 0. The van der Waals surface area contributed by atoms with Crippen molar-refractivity contribution in [3.05, 3.63) is 130 Å². The summed E-state index contributed by atoms with van der Waals surface area (Å²) in [7, 11) is 0. The monoisotopic (exact) mass is 806 g/mol. The summed E-state index contributed by atoms with van der Waals surface area (Å²) >= 11 is 0. The first-order valence-electron chi connectivity index (χ1n) is 19.4. The van der Waals surface area contributed by atoms with E-state index in [1.54, 1.807) is 0 Å². The molecule has 0 aliphatic heterocycles. The molecule has 0 saturated heterocycles. The number of rotatable bonds is 11. The number of hydrogen-bond acceptors (Lipinski definition) is 3. The van der Waals surface area contributed by atoms with E-state index in [1.807, 2.05) is 12.3 Å². The SMILES string of the molecule is CCCc1ccnc(-n2c3[c-]c(Oc4[c-]c(-n5nc(CCC)c(-c6c(C)cc(C)cc6C)c5CCC)cc(C(C)(C)C)c4)ccc3c3ccccc32)c1.[Pd+2]. The Morgan fingerprint density at radius 3 is 2.15 bits per heavy atom. The fourth-order valence-electron chi connectivity index (χ4n) is 7.89. The van der Waals surface area contributed by atoms with E-state index in [2.05, 4.69) is 150 Å². The Labute approximate surface area is 335 Å². The molecule has 0 saturated carbocycles. The van der Waals surface area contributed by atoms with Gasteiger partial charge in [0.25, 0.3) is 0 Å². The maximum Gasteiger partial charge on any atom is 2.00 e. The zero-order valence-corrected chi connectivity index (χ0v) is 34.8. The third-order valence-electron chi connectivity index (χ3n) is 10.2. The van der Waals surface area contributed by atoms with Crippen molar-refractivity contribution in [1.82, 2.24) is 19.3 Å². The van der Waals surface area contributed by atoms with E-state index in [0.29, 0.717) is 11.5 Å². The predicted octanol–water partition coefficient (Wildman–Crippen LogP) is 12.5. The molecule has 4 aromatic carbocycles. The molecule has 0 amide bonds. The van der Waals surface area contributed by atoms with Crippen LogP contribution in [0.2, 0.25) is 0 Å². The molecule has 0 unspecified atom stereocenters. The number of pyridine rings is 1. The van der Waals surface area contributed by atoms with Crippen LogP contribution >= 0.6 is 0 Å². The van der Waals surface area contributed by atoms with Crippen LogP contribution in [0.5, 0.6) is 11.5 Å². The first-order valence-corrected chi connectivity index (χ1v) is 19.4. The zero-order valence-electron chi connectivity index (χ0n) is 33.3. The van der Waals surface area contributed by atoms with E-state index < -0.39 is 0 Å². The fourth-order valence-corrected chi connectivity index (χ4v) is 7.89. The number of nitrogens with zero attached hydrogens (tertiary/aromatic N) is 4. The first kappa shape index (κ1) is 39.2. The molecule has 54 heavy (non-hydrogen) atoms. The molecule has 6 heteroatoms. The smallest absolute Gasteiger partial charge is 0.509 e. The van der Waals surface area contributed by atoms with Gasteiger partial charge in [-0.1, -0.05) is 102 Å². The molecule has 0 aliphatic carbocycles. The Bertz CT molecular complexity index is 2420. The van der Waals surface area contributed by atoms with Crippen molar-refractivity contribution in [2.45, 2.75) is 106 Å². The Balaban J connectivity index is 0.00000497. The van der Waals surface area contributed by atoms with Gasteiger partial charge in [-0.25, -0.2) is 4.98 Å². The van der Waals surface area contributed by atoms with E-state index in [1.165, 1.54) is 39.1 Å². The first-order chi connectivity index (χ1) is 25.5. The maximum absolute atomic E-state index is 6.77. The van der Waals surface area contributed by atoms with Crippen LogP contribution in [-0.4, -0.2) is 19.3 Å². The number of para-hydroxylation sites is 1. The van der Waals surface area contributed by atoms with E-state index in [9.17, 15) is 0 Å². The number of benzene rings is 4. The molecule has 0 spiro atoms. The molecule has 0 atom stereocenters. The van der Waals surface area contributed by atoms with Gasteiger partial charge in [0.2, 0.25) is 0 Å². The molecule has 0 bridgehead atoms. The van der Waals surface area contributed by atoms with Gasteiger partial charge in [-0.05, 0) is 97.0 Å². The fraction of sp³-hybridized carbons (Fsp3) is 0.333. The predicted molar refractivity (Wildman–Crippen MR) is 220 cm³/mol. The molecule has 280 valence electrons. The number of ether oxygens (including phenoxy) is 1. The van der Waals surface area contributed by atoms with Gasteiger partial charge in [-0.15, -0.1) is 41.3 Å². The normalized spacial score (nSPS) is 11.7. The standard InChI is InChI=1S/C48H52N4O.Pd/c1-10-15-34-22-23-49-45(26-34)51-42-19-14-13-18-39(42)40-21-20-37(30-44(40)51)53-38-28-35(48(7,8)9)27-36(29-38)52-43(17-12-3)47(41(50-52)16-11-2)46-32(5)24-31(4)25-33(46)6;/h13-14,18-28H,10-12,15-17H2,1-9H3;/q-2;+2. The van der Waals surface area contributed by atoms with Crippen LogP contribution in [0, 0.1) is 32.9 Å². The van der Waals surface area contributed by atoms with Crippen LogP contribution in [0.3, 0.4) is 0 Å². The van der Waals surface area contributed by atoms with Crippen LogP contribution in [0.25, 0.3) is 44.4 Å². The van der Waals surface area contributed by atoms with Crippen molar-refractivity contribution in [2.24, 2.45) is 0 Å². The van der Waals surface area contributed by atoms with Gasteiger partial charge in [0.15, 0.2) is 0 Å². The summed E-state index contributed by atoms with van der Waals surface area (Å²) in [5.41, 5.74) is 14.1. The summed E-state index contributed by atoms with van der Waals surface area (Å²) in [5.74, 6) is 2.17. The van der Waals surface area contributed by atoms with E-state index in [0.717, 1.165) is 83.1 Å². The summed E-state index contributed by atoms with van der Waals surface area (Å²) in [4.78, 5) is 4.83. The van der Waals surface area contributed by atoms with Crippen molar-refractivity contribution in [3.63, 3.8) is 0 Å². The van der Waals surface area contributed by atoms with Crippen LogP contribution in [0.4, 0.5) is 0 Å². The Kier molecular flexibility index (Phi) is 11.7. The van der Waals surface area contributed by atoms with Gasteiger partial charge in [0, 0.05) is 34.5 Å². The molecule has 7 rings (SSSR count). The molecule has 3 aromatic heterocycles. The van der Waals surface area contributed by atoms with Gasteiger partial charge in [0.1, 0.15) is 5.82 Å². The Morgan fingerprint density at radius 2 is 1.44 bits per heavy atom. The summed E-state index contributed by atoms with van der Waals surface area (Å²) < 4.78 is 11.1. The largest absolute Gasteiger partial charge is 2.00 e. The number of fused-ring (bicyclic) bond motifs is 3. The second-order valence-electron chi connectivity index (χ2n) is 15.6. The summed E-state index contributed by atoms with van der Waals surface area (Å²) in [6, 6.07) is 33.3. The molecule has 7 aromatic rings. The molecule has 0 fully saturated rings. The van der Waals surface area contributed by atoms with Gasteiger partial charge in [0.05, 0.1) is 5.69 Å². The molecule has 0 N–H and O–H groups in total. The Morgan fingerprint density at radius 1 is 0.722 bits per heavy atom. The van der Waals surface area contributed by atoms with Gasteiger partial charge in [-0.3, -0.25) is 4.68 Å². The third kappa shape index (κ3) is 7.57. The van der Waals surface area contributed by atoms with E-state index >= 15 is 0 Å². The summed E-state index contributed by atoms with van der Waals surface area (Å²) in [6.07, 6.45) is 7.85. The van der Waals surface area contributed by atoms with Gasteiger partial charge in [-0.2, -0.15) is 11.2 Å². The summed E-state index contributed by atoms with van der Waals surface area (Å²) in [6.45, 7) is 20.1. The van der Waals surface area contributed by atoms with Gasteiger partial charge >= 0.3 is 20.4 Å². The summed E-state index contributed by atoms with van der Waals surface area (Å²) in [5, 5.41) is 7.66. The molecular formula is C48H52N4OPd. The molecule has 0 aliphatic rings. The van der Waals surface area contributed by atoms with E-state index in [-0.39, 0.29) is 25.8 Å². The van der Waals surface area contributed by atoms with Crippen molar-refractivity contribution < 1.29 is 25.2 Å². The molecule has 0 radical (unpaired) electrons. The van der Waals surface area contributed by atoms with E-state index in [4.69, 9.17) is 14.8 Å². The minimum atomic E-state index is -0.130. The van der Waals surface area contributed by atoms with Crippen molar-refractivity contribution in [1.29, 1.82) is 0 Å². The minimum Gasteiger partial charge on any atom is -0.509 e. The average Bonchev–Trinajstić information content (AvgIpc) is 3.63. The molecular weight excluding hydrogens is 755 g/mol. The van der Waals surface area contributed by atoms with Crippen molar-refractivity contribution in [2.75, 3.05) is 0 Å². The zero-order chi connectivity index (χ0) is 37.4. The van der Waals surface area contributed by atoms with Crippen molar-refractivity contribution >= 4 is 21.8 Å². The second-order valence-corrected chi connectivity index (χ2v) is 15.6. The average molecular weight is 807 g/mol. The third-order valence-corrected chi connectivity index (χ3v) is 10.2. The van der Waals surface area contributed by atoms with Gasteiger partial charge < -0.3 is 9.30 Å². The maximum atomic E-state index is 6.77.